The molecule has 7 heteroatoms. The second kappa shape index (κ2) is 13.1. The third kappa shape index (κ3) is 5.47. The zero-order valence-corrected chi connectivity index (χ0v) is 25.2. The highest BCUT2D eigenvalue weighted by Crippen LogP contribution is 2.70. The Morgan fingerprint density at radius 3 is 2.13 bits per heavy atom. The highest BCUT2D eigenvalue weighted by molar-refractivity contribution is 5.15. The summed E-state index contributed by atoms with van der Waals surface area (Å²) < 4.78 is 35.5. The minimum atomic E-state index is 0.150. The number of rotatable bonds is 13. The Balaban J connectivity index is 1.71. The molecule has 0 saturated heterocycles. The van der Waals surface area contributed by atoms with E-state index >= 15 is 0 Å². The van der Waals surface area contributed by atoms with Gasteiger partial charge in [-0.15, -0.1) is 0 Å². The van der Waals surface area contributed by atoms with E-state index in [2.05, 4.69) is 27.7 Å². The fraction of sp³-hybridized carbons (Fsp3) is 1.00. The zero-order valence-electron chi connectivity index (χ0n) is 25.2. The summed E-state index contributed by atoms with van der Waals surface area (Å²) in [4.78, 5) is 0. The maximum absolute atomic E-state index is 9.85. The molecule has 0 bridgehead atoms. The van der Waals surface area contributed by atoms with Gasteiger partial charge in [0.25, 0.3) is 0 Å². The molecule has 0 spiro atoms. The van der Waals surface area contributed by atoms with Gasteiger partial charge in [0.05, 0.1) is 18.3 Å². The normalized spacial score (nSPS) is 45.3. The molecule has 4 rings (SSSR count). The smallest absolute Gasteiger partial charge is 0.146 e. The lowest BCUT2D eigenvalue weighted by Gasteiger charge is -2.65. The summed E-state index contributed by atoms with van der Waals surface area (Å²) >= 11 is 0. The molecule has 0 amide bonds. The highest BCUT2D eigenvalue weighted by Gasteiger charge is 2.67. The lowest BCUT2D eigenvalue weighted by molar-refractivity contribution is -0.239. The van der Waals surface area contributed by atoms with E-state index in [1.165, 1.54) is 19.3 Å². The summed E-state index contributed by atoms with van der Waals surface area (Å²) in [6, 6.07) is 0. The van der Waals surface area contributed by atoms with Gasteiger partial charge in [0.15, 0.2) is 0 Å². The number of aliphatic hydroxyl groups is 1. The molecule has 12 atom stereocenters. The Labute approximate surface area is 231 Å². The third-order valence-electron chi connectivity index (χ3n) is 11.8. The van der Waals surface area contributed by atoms with E-state index in [0.29, 0.717) is 61.8 Å². The molecule has 4 aliphatic carbocycles. The minimum absolute atomic E-state index is 0.150. The molecule has 0 aromatic carbocycles. The molecule has 0 aliphatic heterocycles. The highest BCUT2D eigenvalue weighted by atomic mass is 16.7. The quantitative estimate of drug-likeness (QED) is 0.310. The number of hydrogen-bond acceptors (Lipinski definition) is 7. The third-order valence-corrected chi connectivity index (χ3v) is 11.8. The van der Waals surface area contributed by atoms with Gasteiger partial charge < -0.3 is 33.5 Å². The Hall–Kier alpha value is -0.280. The Morgan fingerprint density at radius 2 is 1.47 bits per heavy atom. The van der Waals surface area contributed by atoms with Crippen molar-refractivity contribution in [2.45, 2.75) is 97.4 Å². The van der Waals surface area contributed by atoms with Crippen LogP contribution < -0.4 is 0 Å². The Kier molecular flexibility index (Phi) is 10.6. The van der Waals surface area contributed by atoms with Crippen molar-refractivity contribution in [3.05, 3.63) is 0 Å². The second-order valence-corrected chi connectivity index (χ2v) is 13.4. The molecule has 1 N–H and O–H groups in total. The monoisotopic (exact) mass is 540 g/mol. The standard InChI is InChI=1S/C31H56O7/c1-8-22-24-15-21(36-17-33-5)9-12-30(24,3)23-10-13-31(4)25(27(23)29(22)38-19-35-7)16-26(37-18-34-6)28(31)20(2)11-14-32/h20-29,32H,8-19H2,1-7H3/t20-,21-,22-,23+,24+,25+,26+,27-,28+,29-,30-,31+/m1/s1. The Morgan fingerprint density at radius 1 is 0.816 bits per heavy atom. The van der Waals surface area contributed by atoms with Crippen LogP contribution in [0.15, 0.2) is 0 Å². The maximum atomic E-state index is 9.85. The van der Waals surface area contributed by atoms with Gasteiger partial charge in [-0.1, -0.05) is 34.1 Å². The van der Waals surface area contributed by atoms with Crippen molar-refractivity contribution in [2.75, 3.05) is 48.3 Å². The summed E-state index contributed by atoms with van der Waals surface area (Å²) in [5.41, 5.74) is 0.438. The molecule has 0 radical (unpaired) electrons. The fourth-order valence-corrected chi connectivity index (χ4v) is 10.4. The lowest BCUT2D eigenvalue weighted by atomic mass is 9.41. The molecule has 222 valence electrons. The topological polar surface area (TPSA) is 75.6 Å². The van der Waals surface area contributed by atoms with E-state index < -0.39 is 0 Å². The summed E-state index contributed by atoms with van der Waals surface area (Å²) in [7, 11) is 5.16. The predicted molar refractivity (Wildman–Crippen MR) is 146 cm³/mol. The van der Waals surface area contributed by atoms with Crippen LogP contribution in [-0.2, 0) is 28.4 Å². The van der Waals surface area contributed by atoms with Gasteiger partial charge in [-0.25, -0.2) is 0 Å². The largest absolute Gasteiger partial charge is 0.396 e. The van der Waals surface area contributed by atoms with Crippen molar-refractivity contribution < 1.29 is 33.5 Å². The van der Waals surface area contributed by atoms with Crippen LogP contribution in [0.3, 0.4) is 0 Å². The van der Waals surface area contributed by atoms with E-state index in [1.54, 1.807) is 21.3 Å². The van der Waals surface area contributed by atoms with Gasteiger partial charge in [0.1, 0.15) is 20.4 Å². The summed E-state index contributed by atoms with van der Waals surface area (Å²) in [6.07, 6.45) is 9.40. The van der Waals surface area contributed by atoms with Crippen LogP contribution in [0.2, 0.25) is 0 Å². The molecular weight excluding hydrogens is 484 g/mol. The van der Waals surface area contributed by atoms with E-state index in [-0.39, 0.29) is 35.7 Å². The molecular formula is C31H56O7. The summed E-state index contributed by atoms with van der Waals surface area (Å²) in [5.74, 6) is 3.46. The van der Waals surface area contributed by atoms with E-state index in [9.17, 15) is 5.11 Å². The first-order chi connectivity index (χ1) is 18.3. The second-order valence-electron chi connectivity index (χ2n) is 13.4. The van der Waals surface area contributed by atoms with Crippen LogP contribution in [0.25, 0.3) is 0 Å². The van der Waals surface area contributed by atoms with Gasteiger partial charge in [0.2, 0.25) is 0 Å². The number of ether oxygens (including phenoxy) is 6. The molecule has 38 heavy (non-hydrogen) atoms. The first-order valence-corrected chi connectivity index (χ1v) is 15.2. The molecule has 4 fully saturated rings. The van der Waals surface area contributed by atoms with Crippen LogP contribution in [0.1, 0.15) is 79.1 Å². The van der Waals surface area contributed by atoms with E-state index in [0.717, 1.165) is 32.1 Å². The van der Waals surface area contributed by atoms with Crippen molar-refractivity contribution >= 4 is 0 Å². The van der Waals surface area contributed by atoms with Crippen molar-refractivity contribution in [3.63, 3.8) is 0 Å². The zero-order chi connectivity index (χ0) is 27.5. The SMILES string of the molecule is CC[C@H]1[C@@H](OCOC)[C@@H]2[C@H](CC[C@]3(C)[C@@H]([C@H](C)CCO)[C@@H](OCOC)C[C@@H]23)[C@@]2(C)CC[C@@H](OCOC)C[C@@H]12. The first-order valence-electron chi connectivity index (χ1n) is 15.2. The molecule has 4 aliphatic rings. The Bertz CT molecular complexity index is 735. The van der Waals surface area contributed by atoms with Crippen LogP contribution >= 0.6 is 0 Å². The molecule has 4 saturated carbocycles. The lowest BCUT2D eigenvalue weighted by Crippen LogP contribution is -2.63. The molecule has 0 aromatic rings. The van der Waals surface area contributed by atoms with Gasteiger partial charge in [0, 0.05) is 27.9 Å². The van der Waals surface area contributed by atoms with Gasteiger partial charge in [-0.2, -0.15) is 0 Å². The minimum Gasteiger partial charge on any atom is -0.396 e. The number of hydrogen-bond donors (Lipinski definition) is 1. The van der Waals surface area contributed by atoms with Gasteiger partial charge >= 0.3 is 0 Å². The maximum Gasteiger partial charge on any atom is 0.146 e. The van der Waals surface area contributed by atoms with Crippen molar-refractivity contribution in [1.82, 2.24) is 0 Å². The molecule has 0 aromatic heterocycles. The average Bonchev–Trinajstić information content (AvgIpc) is 3.21. The van der Waals surface area contributed by atoms with Gasteiger partial charge in [-0.3, -0.25) is 0 Å². The van der Waals surface area contributed by atoms with Crippen LogP contribution in [-0.4, -0.2) is 71.7 Å². The number of aliphatic hydroxyl groups excluding tert-OH is 1. The van der Waals surface area contributed by atoms with Crippen molar-refractivity contribution in [2.24, 2.45) is 52.3 Å². The van der Waals surface area contributed by atoms with Gasteiger partial charge in [-0.05, 0) is 97.2 Å². The van der Waals surface area contributed by atoms with Crippen LogP contribution in [0, 0.1) is 52.3 Å². The average molecular weight is 541 g/mol. The van der Waals surface area contributed by atoms with Crippen LogP contribution in [0.5, 0.6) is 0 Å². The van der Waals surface area contributed by atoms with E-state index in [1.807, 2.05) is 0 Å². The number of fused-ring (bicyclic) bond motifs is 5. The predicted octanol–water partition coefficient (Wildman–Crippen LogP) is 5.49. The number of methoxy groups -OCH3 is 3. The van der Waals surface area contributed by atoms with E-state index in [4.69, 9.17) is 28.4 Å². The molecule has 0 heterocycles. The summed E-state index contributed by atoms with van der Waals surface area (Å²) in [6.45, 7) is 11.1. The molecule has 7 nitrogen and oxygen atoms in total. The first kappa shape index (κ1) is 30.7. The molecule has 0 unspecified atom stereocenters. The van der Waals surface area contributed by atoms with Crippen molar-refractivity contribution in [1.29, 1.82) is 0 Å². The van der Waals surface area contributed by atoms with Crippen LogP contribution in [0.4, 0.5) is 0 Å². The van der Waals surface area contributed by atoms with Crippen molar-refractivity contribution in [3.8, 4) is 0 Å². The fourth-order valence-electron chi connectivity index (χ4n) is 10.4. The summed E-state index contributed by atoms with van der Waals surface area (Å²) in [5, 5.41) is 9.85.